The fourth-order valence-electron chi connectivity index (χ4n) is 4.25. The Hall–Kier alpha value is -3.59. The van der Waals surface area contributed by atoms with E-state index in [2.05, 4.69) is 11.9 Å². The van der Waals surface area contributed by atoms with E-state index in [1.807, 2.05) is 44.1 Å². The number of amides is 1. The first kappa shape index (κ1) is 25.0. The highest BCUT2D eigenvalue weighted by atomic mass is 16.5. The van der Waals surface area contributed by atoms with Crippen LogP contribution in [0.15, 0.2) is 47.9 Å². The normalized spacial score (nSPS) is 15.8. The van der Waals surface area contributed by atoms with Crippen LogP contribution in [0.4, 0.5) is 5.82 Å². The third-order valence-corrected chi connectivity index (χ3v) is 5.90. The highest BCUT2D eigenvalue weighted by Crippen LogP contribution is 2.30. The molecule has 1 aromatic heterocycles. The second-order valence-electron chi connectivity index (χ2n) is 8.70. The number of likely N-dealkylation sites (tertiary alicyclic amines) is 1. The van der Waals surface area contributed by atoms with E-state index in [1.165, 1.54) is 10.8 Å². The number of likely N-dealkylation sites (N-methyl/N-ethyl adjacent to an activating group) is 1. The Bertz CT molecular complexity index is 1170. The molecule has 0 bridgehead atoms. The third-order valence-electron chi connectivity index (χ3n) is 5.90. The average Bonchev–Trinajstić information content (AvgIpc) is 3.37. The maximum Gasteiger partial charge on any atom is 0.335 e. The summed E-state index contributed by atoms with van der Waals surface area (Å²) < 4.78 is 8.63. The van der Waals surface area contributed by atoms with Crippen molar-refractivity contribution < 1.29 is 9.53 Å². The summed E-state index contributed by atoms with van der Waals surface area (Å²) in [5.74, 6) is 1.09. The number of carbonyl (C=O) groups excluding carboxylic acids is 1. The van der Waals surface area contributed by atoms with Gasteiger partial charge < -0.3 is 25.3 Å². The molecule has 3 rings (SSSR count). The van der Waals surface area contributed by atoms with Crippen LogP contribution in [0.3, 0.4) is 0 Å². The number of anilines is 1. The summed E-state index contributed by atoms with van der Waals surface area (Å²) in [7, 11) is 5.47. The van der Waals surface area contributed by atoms with Gasteiger partial charge in [-0.25, -0.2) is 4.79 Å². The van der Waals surface area contributed by atoms with Crippen LogP contribution in [0.25, 0.3) is 5.69 Å². The molecular weight excluding hydrogens is 432 g/mol. The van der Waals surface area contributed by atoms with Gasteiger partial charge in [-0.1, -0.05) is 18.7 Å². The number of nitrogens with one attached hydrogen (secondary N) is 2. The van der Waals surface area contributed by atoms with Gasteiger partial charge in [-0.3, -0.25) is 13.9 Å². The number of aryl methyl sites for hydroxylation is 1. The third kappa shape index (κ3) is 4.99. The van der Waals surface area contributed by atoms with Crippen molar-refractivity contribution >= 4 is 17.4 Å². The van der Waals surface area contributed by atoms with Crippen LogP contribution in [0.2, 0.25) is 0 Å². The molecule has 1 aliphatic rings. The van der Waals surface area contributed by atoms with Crippen molar-refractivity contribution in [1.29, 1.82) is 5.41 Å². The van der Waals surface area contributed by atoms with Gasteiger partial charge in [0, 0.05) is 31.8 Å². The molecule has 1 aromatic carbocycles. The molecule has 9 heteroatoms. The van der Waals surface area contributed by atoms with Crippen molar-refractivity contribution in [2.45, 2.75) is 26.3 Å². The minimum absolute atomic E-state index is 0.0678. The summed E-state index contributed by atoms with van der Waals surface area (Å²) in [6, 6.07) is 5.30. The number of methoxy groups -OCH3 is 1. The first-order chi connectivity index (χ1) is 16.2. The number of ether oxygens (including phenoxy) is 1. The zero-order valence-electron chi connectivity index (χ0n) is 20.6. The van der Waals surface area contributed by atoms with Crippen molar-refractivity contribution in [3.05, 3.63) is 64.9 Å². The fourth-order valence-corrected chi connectivity index (χ4v) is 4.25. The van der Waals surface area contributed by atoms with Crippen molar-refractivity contribution in [2.75, 3.05) is 46.2 Å². The van der Waals surface area contributed by atoms with E-state index >= 15 is 0 Å². The standard InChI is InChI=1S/C25H34N6O3/c1-7-27-24-23(18(3)26)30(19-11-10-17(2)21(15-19)34-6)25(33)31(24)20-12-14-29(16-20)22(32)9-8-13-28(4)5/h7-11,15,20,26-27H,1,12-14,16H2,2-6H3/b9-8+,26-18?. The number of imidazole rings is 1. The average molecular weight is 467 g/mol. The number of nitrogens with zero attached hydrogens (tertiary/aromatic N) is 4. The molecule has 34 heavy (non-hydrogen) atoms. The summed E-state index contributed by atoms with van der Waals surface area (Å²) in [5.41, 5.74) is 1.96. The van der Waals surface area contributed by atoms with Crippen LogP contribution in [0.5, 0.6) is 5.75 Å². The Morgan fingerprint density at radius 2 is 2.12 bits per heavy atom. The molecule has 182 valence electrons. The van der Waals surface area contributed by atoms with Gasteiger partial charge in [0.1, 0.15) is 17.3 Å². The van der Waals surface area contributed by atoms with E-state index < -0.39 is 0 Å². The van der Waals surface area contributed by atoms with Crippen LogP contribution in [0, 0.1) is 12.3 Å². The van der Waals surface area contributed by atoms with E-state index in [1.54, 1.807) is 35.6 Å². The van der Waals surface area contributed by atoms with Gasteiger partial charge in [0.05, 0.1) is 24.6 Å². The Labute approximate surface area is 200 Å². The Balaban J connectivity index is 2.05. The monoisotopic (exact) mass is 466 g/mol. The molecule has 0 aliphatic carbocycles. The Morgan fingerprint density at radius 1 is 1.38 bits per heavy atom. The van der Waals surface area contributed by atoms with Gasteiger partial charge >= 0.3 is 5.69 Å². The Morgan fingerprint density at radius 3 is 2.74 bits per heavy atom. The molecule has 2 heterocycles. The highest BCUT2D eigenvalue weighted by Gasteiger charge is 2.32. The van der Waals surface area contributed by atoms with Gasteiger partial charge in [0.25, 0.3) is 0 Å². The van der Waals surface area contributed by atoms with E-state index in [-0.39, 0.29) is 23.4 Å². The first-order valence-corrected chi connectivity index (χ1v) is 11.2. The quantitative estimate of drug-likeness (QED) is 0.438. The van der Waals surface area contributed by atoms with E-state index in [0.29, 0.717) is 49.0 Å². The van der Waals surface area contributed by atoms with Gasteiger partial charge in [-0.05, 0) is 52.2 Å². The van der Waals surface area contributed by atoms with E-state index in [4.69, 9.17) is 10.1 Å². The topological polar surface area (TPSA) is 95.6 Å². The molecule has 1 atom stereocenters. The number of benzene rings is 1. The summed E-state index contributed by atoms with van der Waals surface area (Å²) in [5, 5.41) is 11.5. The lowest BCUT2D eigenvalue weighted by molar-refractivity contribution is -0.125. The molecule has 9 nitrogen and oxygen atoms in total. The maximum atomic E-state index is 13.8. The molecule has 2 aromatic rings. The molecule has 1 aliphatic heterocycles. The van der Waals surface area contributed by atoms with Crippen LogP contribution in [-0.2, 0) is 4.79 Å². The van der Waals surface area contributed by atoms with Crippen molar-refractivity contribution in [3.8, 4) is 11.4 Å². The largest absolute Gasteiger partial charge is 0.496 e. The molecule has 1 unspecified atom stereocenters. The SMILES string of the molecule is C=CNc1c(C(C)=N)n(-c2ccc(C)c(OC)c2)c(=O)n1C1CCN(C(=O)/C=C/CN(C)C)C1. The number of rotatable bonds is 9. The molecule has 0 radical (unpaired) electrons. The molecule has 1 fully saturated rings. The smallest absolute Gasteiger partial charge is 0.335 e. The summed E-state index contributed by atoms with van der Waals surface area (Å²) >= 11 is 0. The first-order valence-electron chi connectivity index (χ1n) is 11.2. The van der Waals surface area contributed by atoms with Crippen LogP contribution >= 0.6 is 0 Å². The lowest BCUT2D eigenvalue weighted by Crippen LogP contribution is -2.31. The molecule has 0 saturated carbocycles. The second-order valence-corrected chi connectivity index (χ2v) is 8.70. The minimum Gasteiger partial charge on any atom is -0.496 e. The molecule has 1 amide bonds. The molecule has 1 saturated heterocycles. The number of carbonyl (C=O) groups is 1. The van der Waals surface area contributed by atoms with Crippen LogP contribution in [0.1, 0.15) is 30.6 Å². The lowest BCUT2D eigenvalue weighted by Gasteiger charge is -2.17. The number of hydrogen-bond acceptors (Lipinski definition) is 6. The van der Waals surface area contributed by atoms with Gasteiger partial charge in [0.15, 0.2) is 0 Å². The predicted molar refractivity (Wildman–Crippen MR) is 136 cm³/mol. The highest BCUT2D eigenvalue weighted by molar-refractivity contribution is 6.00. The van der Waals surface area contributed by atoms with Crippen molar-refractivity contribution in [3.63, 3.8) is 0 Å². The van der Waals surface area contributed by atoms with Gasteiger partial charge in [-0.2, -0.15) is 0 Å². The summed E-state index contributed by atoms with van der Waals surface area (Å²) in [6.45, 7) is 8.99. The van der Waals surface area contributed by atoms with Crippen molar-refractivity contribution in [2.24, 2.45) is 0 Å². The van der Waals surface area contributed by atoms with E-state index in [9.17, 15) is 9.59 Å². The molecule has 0 spiro atoms. The van der Waals surface area contributed by atoms with Gasteiger partial charge in [-0.15, -0.1) is 0 Å². The number of aromatic nitrogens is 2. The minimum atomic E-state index is -0.278. The fraction of sp³-hybridized carbons (Fsp3) is 0.400. The Kier molecular flexibility index (Phi) is 7.78. The summed E-state index contributed by atoms with van der Waals surface area (Å²) in [4.78, 5) is 30.2. The molecule has 2 N–H and O–H groups in total. The predicted octanol–water partition coefficient (Wildman–Crippen LogP) is 2.79. The zero-order chi connectivity index (χ0) is 25.0. The lowest BCUT2D eigenvalue weighted by atomic mass is 10.2. The zero-order valence-corrected chi connectivity index (χ0v) is 20.6. The number of hydrogen-bond donors (Lipinski definition) is 2. The summed E-state index contributed by atoms with van der Waals surface area (Å²) in [6.07, 6.45) is 5.56. The van der Waals surface area contributed by atoms with Crippen molar-refractivity contribution in [1.82, 2.24) is 18.9 Å². The van der Waals surface area contributed by atoms with Gasteiger partial charge in [0.2, 0.25) is 5.91 Å². The maximum absolute atomic E-state index is 13.8. The van der Waals surface area contributed by atoms with E-state index in [0.717, 1.165) is 5.56 Å². The second kappa shape index (κ2) is 10.6. The van der Waals surface area contributed by atoms with Crippen LogP contribution < -0.4 is 15.7 Å². The molecular formula is C25H34N6O3. The van der Waals surface area contributed by atoms with Crippen LogP contribution in [-0.4, -0.2) is 71.4 Å².